The van der Waals surface area contributed by atoms with E-state index in [1.54, 1.807) is 0 Å². The first kappa shape index (κ1) is 10.0. The lowest BCUT2D eigenvalue weighted by Gasteiger charge is -2.02. The molecule has 1 aromatic carbocycles. The third-order valence-corrected chi connectivity index (χ3v) is 2.11. The summed E-state index contributed by atoms with van der Waals surface area (Å²) in [5, 5.41) is 10.8. The number of nitrogens with one attached hydrogen (secondary N) is 1. The van der Waals surface area contributed by atoms with E-state index < -0.39 is 4.92 Å². The van der Waals surface area contributed by atoms with Crippen molar-refractivity contribution in [1.82, 2.24) is 0 Å². The van der Waals surface area contributed by atoms with E-state index in [9.17, 15) is 10.1 Å². The lowest BCUT2D eigenvalue weighted by molar-refractivity contribution is -0.383. The molecule has 0 unspecified atom stereocenters. The Kier molecular flexibility index (Phi) is 2.92. The van der Waals surface area contributed by atoms with Gasteiger partial charge in [0.25, 0.3) is 5.69 Å². The molecule has 3 N–H and O–H groups in total. The highest BCUT2D eigenvalue weighted by Gasteiger charge is 2.15. The number of rotatable bonds is 2. The molecular formula is C6H5Cl2N3O2. The van der Waals surface area contributed by atoms with Gasteiger partial charge >= 0.3 is 0 Å². The van der Waals surface area contributed by atoms with Crippen molar-refractivity contribution in [2.75, 3.05) is 5.43 Å². The minimum absolute atomic E-state index is 0.118. The summed E-state index contributed by atoms with van der Waals surface area (Å²) in [7, 11) is 0. The highest BCUT2D eigenvalue weighted by atomic mass is 35.5. The molecule has 0 aliphatic heterocycles. The molecule has 0 aliphatic rings. The van der Waals surface area contributed by atoms with Crippen LogP contribution in [0, 0.1) is 10.1 Å². The molecule has 1 rings (SSSR count). The zero-order valence-electron chi connectivity index (χ0n) is 6.25. The number of hydrogen-bond donors (Lipinski definition) is 2. The Morgan fingerprint density at radius 3 is 2.38 bits per heavy atom. The highest BCUT2D eigenvalue weighted by Crippen LogP contribution is 2.33. The van der Waals surface area contributed by atoms with Crippen LogP contribution in [0.1, 0.15) is 0 Å². The SMILES string of the molecule is NNc1cc(Cl)c(Cl)cc1[N+](=O)[O-]. The number of benzene rings is 1. The topological polar surface area (TPSA) is 81.2 Å². The zero-order chi connectivity index (χ0) is 10.0. The van der Waals surface area contributed by atoms with Gasteiger partial charge in [-0.3, -0.25) is 16.0 Å². The molecule has 7 heteroatoms. The van der Waals surface area contributed by atoms with Crippen LogP contribution in [0.4, 0.5) is 11.4 Å². The second-order valence-corrected chi connectivity index (χ2v) is 3.00. The predicted molar refractivity (Wildman–Crippen MR) is 50.9 cm³/mol. The van der Waals surface area contributed by atoms with Crippen LogP contribution in [0.15, 0.2) is 12.1 Å². The van der Waals surface area contributed by atoms with E-state index in [0.717, 1.165) is 6.07 Å². The second kappa shape index (κ2) is 3.78. The molecule has 70 valence electrons. The van der Waals surface area contributed by atoms with Gasteiger partial charge in [0, 0.05) is 6.07 Å². The van der Waals surface area contributed by atoms with Gasteiger partial charge in [0.15, 0.2) is 0 Å². The summed E-state index contributed by atoms with van der Waals surface area (Å²) >= 11 is 11.2. The Hall–Kier alpha value is -1.04. The summed E-state index contributed by atoms with van der Waals surface area (Å²) < 4.78 is 0. The van der Waals surface area contributed by atoms with Crippen LogP contribution in [0.2, 0.25) is 10.0 Å². The first-order valence-electron chi connectivity index (χ1n) is 3.16. The quantitative estimate of drug-likeness (QED) is 0.456. The number of nitrogens with two attached hydrogens (primary N) is 1. The van der Waals surface area contributed by atoms with Gasteiger partial charge in [-0.15, -0.1) is 0 Å². The standard InChI is InChI=1S/C6H5Cl2N3O2/c7-3-1-5(10-9)6(11(12)13)2-4(3)8/h1-2,10H,9H2. The van der Waals surface area contributed by atoms with Crippen LogP contribution in [-0.2, 0) is 0 Å². The van der Waals surface area contributed by atoms with Gasteiger partial charge in [-0.05, 0) is 6.07 Å². The Balaban J connectivity index is 3.33. The van der Waals surface area contributed by atoms with Crippen LogP contribution in [0.25, 0.3) is 0 Å². The Bertz CT molecular complexity index is 356. The Morgan fingerprint density at radius 1 is 1.38 bits per heavy atom. The van der Waals surface area contributed by atoms with Crippen molar-refractivity contribution < 1.29 is 4.92 Å². The average Bonchev–Trinajstić information content (AvgIpc) is 2.08. The van der Waals surface area contributed by atoms with E-state index in [1.807, 2.05) is 0 Å². The monoisotopic (exact) mass is 221 g/mol. The minimum atomic E-state index is -0.600. The fraction of sp³-hybridized carbons (Fsp3) is 0. The maximum Gasteiger partial charge on any atom is 0.295 e. The molecule has 0 saturated carbocycles. The predicted octanol–water partition coefficient (Wildman–Crippen LogP) is 2.19. The molecule has 0 saturated heterocycles. The summed E-state index contributed by atoms with van der Waals surface area (Å²) in [6, 6.07) is 2.43. The zero-order valence-corrected chi connectivity index (χ0v) is 7.76. The largest absolute Gasteiger partial charge is 0.318 e. The number of nitrogens with zero attached hydrogens (tertiary/aromatic N) is 1. The molecule has 13 heavy (non-hydrogen) atoms. The highest BCUT2D eigenvalue weighted by molar-refractivity contribution is 6.42. The minimum Gasteiger partial charge on any atom is -0.318 e. The van der Waals surface area contributed by atoms with Gasteiger partial charge in [-0.25, -0.2) is 0 Å². The molecule has 0 atom stereocenters. The number of hydrogen-bond acceptors (Lipinski definition) is 4. The second-order valence-electron chi connectivity index (χ2n) is 2.18. The maximum absolute atomic E-state index is 10.5. The van der Waals surface area contributed by atoms with E-state index in [0.29, 0.717) is 0 Å². The fourth-order valence-corrected chi connectivity index (χ4v) is 1.12. The number of nitro benzene ring substituents is 1. The summed E-state index contributed by atoms with van der Waals surface area (Å²) in [6.07, 6.45) is 0. The van der Waals surface area contributed by atoms with E-state index >= 15 is 0 Å². The van der Waals surface area contributed by atoms with Gasteiger partial charge in [-0.1, -0.05) is 23.2 Å². The summed E-state index contributed by atoms with van der Waals surface area (Å²) in [5.74, 6) is 5.05. The van der Waals surface area contributed by atoms with Gasteiger partial charge < -0.3 is 5.43 Å². The third-order valence-electron chi connectivity index (χ3n) is 1.39. The van der Waals surface area contributed by atoms with Crippen molar-refractivity contribution in [2.45, 2.75) is 0 Å². The van der Waals surface area contributed by atoms with Crippen LogP contribution in [0.5, 0.6) is 0 Å². The lowest BCUT2D eigenvalue weighted by atomic mass is 10.3. The number of anilines is 1. The first-order chi connectivity index (χ1) is 6.06. The Labute approximate surface area is 83.6 Å². The van der Waals surface area contributed by atoms with Crippen molar-refractivity contribution in [1.29, 1.82) is 0 Å². The molecule has 0 bridgehead atoms. The molecule has 0 aliphatic carbocycles. The maximum atomic E-state index is 10.5. The van der Waals surface area contributed by atoms with Crippen LogP contribution in [-0.4, -0.2) is 4.92 Å². The fourth-order valence-electron chi connectivity index (χ4n) is 0.803. The average molecular weight is 222 g/mol. The van der Waals surface area contributed by atoms with Crippen molar-refractivity contribution in [3.63, 3.8) is 0 Å². The molecule has 0 radical (unpaired) electrons. The van der Waals surface area contributed by atoms with Crippen LogP contribution in [0.3, 0.4) is 0 Å². The molecular weight excluding hydrogens is 217 g/mol. The van der Waals surface area contributed by atoms with Crippen molar-refractivity contribution in [3.8, 4) is 0 Å². The van der Waals surface area contributed by atoms with Crippen LogP contribution < -0.4 is 11.3 Å². The normalized spacial score (nSPS) is 9.77. The lowest BCUT2D eigenvalue weighted by Crippen LogP contribution is -2.09. The summed E-state index contributed by atoms with van der Waals surface area (Å²) in [5.41, 5.74) is 2.07. The van der Waals surface area contributed by atoms with Gasteiger partial charge in [0.1, 0.15) is 5.69 Å². The summed E-state index contributed by atoms with van der Waals surface area (Å²) in [6.45, 7) is 0. The smallest absolute Gasteiger partial charge is 0.295 e. The number of hydrazine groups is 1. The third kappa shape index (κ3) is 2.00. The molecule has 0 fully saturated rings. The molecule has 1 aromatic rings. The number of nitrogen functional groups attached to an aromatic ring is 1. The van der Waals surface area contributed by atoms with Gasteiger partial charge in [0.05, 0.1) is 15.0 Å². The van der Waals surface area contributed by atoms with Crippen molar-refractivity contribution in [2.24, 2.45) is 5.84 Å². The summed E-state index contributed by atoms with van der Waals surface area (Å²) in [4.78, 5) is 9.85. The first-order valence-corrected chi connectivity index (χ1v) is 3.92. The molecule has 0 aromatic heterocycles. The van der Waals surface area contributed by atoms with Gasteiger partial charge in [-0.2, -0.15) is 0 Å². The van der Waals surface area contributed by atoms with E-state index in [1.165, 1.54) is 6.07 Å². The number of nitro groups is 1. The molecule has 0 spiro atoms. The number of halogens is 2. The molecule has 5 nitrogen and oxygen atoms in total. The van der Waals surface area contributed by atoms with Gasteiger partial charge in [0.2, 0.25) is 0 Å². The van der Waals surface area contributed by atoms with Crippen LogP contribution >= 0.6 is 23.2 Å². The van der Waals surface area contributed by atoms with E-state index in [4.69, 9.17) is 29.0 Å². The molecule has 0 amide bonds. The van der Waals surface area contributed by atoms with E-state index in [-0.39, 0.29) is 21.4 Å². The molecule has 0 heterocycles. The van der Waals surface area contributed by atoms with Crippen molar-refractivity contribution in [3.05, 3.63) is 32.3 Å². The van der Waals surface area contributed by atoms with Crippen molar-refractivity contribution >= 4 is 34.6 Å². The Morgan fingerprint density at radius 2 is 1.92 bits per heavy atom. The van der Waals surface area contributed by atoms with E-state index in [2.05, 4.69) is 5.43 Å².